The van der Waals surface area contributed by atoms with Crippen LogP contribution < -0.4 is 10.6 Å². The zero-order chi connectivity index (χ0) is 13.9. The lowest BCUT2D eigenvalue weighted by atomic mass is 9.71. The fourth-order valence-corrected chi connectivity index (χ4v) is 3.68. The molecule has 1 aromatic carbocycles. The van der Waals surface area contributed by atoms with Gasteiger partial charge in [0.2, 0.25) is 5.91 Å². The Morgan fingerprint density at radius 1 is 1.40 bits per heavy atom. The predicted octanol–water partition coefficient (Wildman–Crippen LogP) is 2.22. The number of hydrogen-bond acceptors (Lipinski definition) is 2. The van der Waals surface area contributed by atoms with E-state index in [1.807, 2.05) is 6.92 Å². The van der Waals surface area contributed by atoms with Gasteiger partial charge in [0.15, 0.2) is 0 Å². The molecule has 1 aliphatic heterocycles. The second-order valence-electron chi connectivity index (χ2n) is 6.13. The molecule has 3 unspecified atom stereocenters. The van der Waals surface area contributed by atoms with Crippen LogP contribution in [-0.2, 0) is 11.2 Å². The first-order valence-corrected chi connectivity index (χ1v) is 7.86. The Morgan fingerprint density at radius 2 is 2.25 bits per heavy atom. The quantitative estimate of drug-likeness (QED) is 0.882. The summed E-state index contributed by atoms with van der Waals surface area (Å²) in [4.78, 5) is 11.9. The fourth-order valence-electron chi connectivity index (χ4n) is 3.68. The van der Waals surface area contributed by atoms with Crippen molar-refractivity contribution in [3.63, 3.8) is 0 Å². The van der Waals surface area contributed by atoms with Crippen molar-refractivity contribution < 1.29 is 4.79 Å². The molecule has 0 spiro atoms. The van der Waals surface area contributed by atoms with Crippen LogP contribution in [0.3, 0.4) is 0 Å². The summed E-state index contributed by atoms with van der Waals surface area (Å²) in [5, 5.41) is 6.28. The van der Waals surface area contributed by atoms with Crippen LogP contribution in [0.15, 0.2) is 24.3 Å². The molecule has 3 nitrogen and oxygen atoms in total. The average Bonchev–Trinajstić information content (AvgIpc) is 2.45. The number of fused-ring (bicyclic) bond motifs is 1. The first kappa shape index (κ1) is 13.6. The minimum atomic E-state index is 0.0176. The highest BCUT2D eigenvalue weighted by Crippen LogP contribution is 2.41. The first-order chi connectivity index (χ1) is 9.78. The van der Waals surface area contributed by atoms with E-state index in [9.17, 15) is 4.79 Å². The van der Waals surface area contributed by atoms with Crippen molar-refractivity contribution in [3.8, 4) is 0 Å². The van der Waals surface area contributed by atoms with Crippen molar-refractivity contribution >= 4 is 5.91 Å². The van der Waals surface area contributed by atoms with Gasteiger partial charge >= 0.3 is 0 Å². The molecule has 3 atom stereocenters. The maximum atomic E-state index is 11.9. The van der Waals surface area contributed by atoms with Crippen molar-refractivity contribution in [2.45, 2.75) is 44.6 Å². The molecule has 108 valence electrons. The monoisotopic (exact) mass is 272 g/mol. The Bertz CT molecular complexity index is 486. The summed E-state index contributed by atoms with van der Waals surface area (Å²) in [6, 6.07) is 8.80. The number of carbonyl (C=O) groups is 1. The summed E-state index contributed by atoms with van der Waals surface area (Å²) < 4.78 is 0. The van der Waals surface area contributed by atoms with Gasteiger partial charge in [0.1, 0.15) is 0 Å². The highest BCUT2D eigenvalue weighted by Gasteiger charge is 2.32. The Hall–Kier alpha value is -1.35. The lowest BCUT2D eigenvalue weighted by molar-refractivity contribution is -0.124. The molecule has 3 heteroatoms. The van der Waals surface area contributed by atoms with E-state index in [2.05, 4.69) is 34.9 Å². The molecule has 1 aliphatic carbocycles. The molecule has 1 aromatic rings. The summed E-state index contributed by atoms with van der Waals surface area (Å²) in [7, 11) is 0. The number of benzene rings is 1. The van der Waals surface area contributed by atoms with Crippen LogP contribution in [0.25, 0.3) is 0 Å². The van der Waals surface area contributed by atoms with E-state index in [0.717, 1.165) is 25.4 Å². The van der Waals surface area contributed by atoms with Crippen LogP contribution in [-0.4, -0.2) is 25.0 Å². The smallest absolute Gasteiger partial charge is 0.237 e. The topological polar surface area (TPSA) is 41.1 Å². The van der Waals surface area contributed by atoms with Gasteiger partial charge in [-0.05, 0) is 62.1 Å². The van der Waals surface area contributed by atoms with Crippen LogP contribution in [0.2, 0.25) is 0 Å². The second-order valence-corrected chi connectivity index (χ2v) is 6.13. The molecule has 2 aliphatic rings. The van der Waals surface area contributed by atoms with Crippen molar-refractivity contribution in [3.05, 3.63) is 35.4 Å². The van der Waals surface area contributed by atoms with Gasteiger partial charge in [-0.1, -0.05) is 24.3 Å². The van der Waals surface area contributed by atoms with Gasteiger partial charge in [-0.15, -0.1) is 0 Å². The zero-order valence-electron chi connectivity index (χ0n) is 12.2. The number of likely N-dealkylation sites (N-methyl/N-ethyl adjacent to an activating group) is 1. The molecule has 0 aromatic heterocycles. The summed E-state index contributed by atoms with van der Waals surface area (Å²) in [6.07, 6.45) is 4.67. The van der Waals surface area contributed by atoms with E-state index >= 15 is 0 Å². The summed E-state index contributed by atoms with van der Waals surface area (Å²) >= 11 is 0. The van der Waals surface area contributed by atoms with Crippen molar-refractivity contribution in [1.29, 1.82) is 0 Å². The molecular weight excluding hydrogens is 248 g/mol. The SMILES string of the molecule is CCNC(=O)C1CC(CC2Cc3ccccc32)CCN1. The van der Waals surface area contributed by atoms with Crippen LogP contribution in [0.1, 0.15) is 43.2 Å². The van der Waals surface area contributed by atoms with E-state index in [1.165, 1.54) is 24.8 Å². The normalized spacial score (nSPS) is 28.4. The highest BCUT2D eigenvalue weighted by atomic mass is 16.2. The maximum Gasteiger partial charge on any atom is 0.237 e. The molecule has 1 heterocycles. The third-order valence-electron chi connectivity index (χ3n) is 4.76. The van der Waals surface area contributed by atoms with Crippen LogP contribution in [0.5, 0.6) is 0 Å². The molecule has 2 N–H and O–H groups in total. The largest absolute Gasteiger partial charge is 0.355 e. The average molecular weight is 272 g/mol. The minimum absolute atomic E-state index is 0.0176. The summed E-state index contributed by atoms with van der Waals surface area (Å²) in [5.41, 5.74) is 3.06. The Morgan fingerprint density at radius 3 is 3.05 bits per heavy atom. The number of carbonyl (C=O) groups excluding carboxylic acids is 1. The van der Waals surface area contributed by atoms with Gasteiger partial charge in [-0.25, -0.2) is 0 Å². The first-order valence-electron chi connectivity index (χ1n) is 7.86. The van der Waals surface area contributed by atoms with Crippen LogP contribution >= 0.6 is 0 Å². The van der Waals surface area contributed by atoms with Gasteiger partial charge in [0.05, 0.1) is 6.04 Å². The van der Waals surface area contributed by atoms with Crippen LogP contribution in [0, 0.1) is 5.92 Å². The van der Waals surface area contributed by atoms with Crippen LogP contribution in [0.4, 0.5) is 0 Å². The standard InChI is InChI=1S/C17H24N2O/c1-2-18-17(20)16-10-12(7-8-19-16)9-14-11-13-5-3-4-6-15(13)14/h3-6,12,14,16,19H,2,7-11H2,1H3,(H,18,20). The molecule has 20 heavy (non-hydrogen) atoms. The summed E-state index contributed by atoms with van der Waals surface area (Å²) in [5.74, 6) is 1.58. The Kier molecular flexibility index (Phi) is 4.06. The Labute approximate surface area is 121 Å². The number of rotatable bonds is 4. The number of amides is 1. The molecule has 0 bridgehead atoms. The molecule has 1 saturated heterocycles. The zero-order valence-corrected chi connectivity index (χ0v) is 12.2. The van der Waals surface area contributed by atoms with Crippen molar-refractivity contribution in [1.82, 2.24) is 10.6 Å². The lowest BCUT2D eigenvalue weighted by Gasteiger charge is -2.36. The van der Waals surface area contributed by atoms with Crippen molar-refractivity contribution in [2.75, 3.05) is 13.1 Å². The Balaban J connectivity index is 1.55. The molecule has 0 saturated carbocycles. The van der Waals surface area contributed by atoms with Crippen molar-refractivity contribution in [2.24, 2.45) is 5.92 Å². The molecular formula is C17H24N2O. The third kappa shape index (κ3) is 2.73. The third-order valence-corrected chi connectivity index (χ3v) is 4.76. The molecule has 3 rings (SSSR count). The number of piperidine rings is 1. The lowest BCUT2D eigenvalue weighted by Crippen LogP contribution is -2.49. The van der Waals surface area contributed by atoms with Gasteiger partial charge < -0.3 is 10.6 Å². The highest BCUT2D eigenvalue weighted by molar-refractivity contribution is 5.81. The van der Waals surface area contributed by atoms with Gasteiger partial charge in [0, 0.05) is 6.54 Å². The maximum absolute atomic E-state index is 11.9. The van der Waals surface area contributed by atoms with Gasteiger partial charge in [-0.2, -0.15) is 0 Å². The van der Waals surface area contributed by atoms with E-state index in [0.29, 0.717) is 5.92 Å². The molecule has 1 amide bonds. The van der Waals surface area contributed by atoms with E-state index in [1.54, 1.807) is 5.56 Å². The fraction of sp³-hybridized carbons (Fsp3) is 0.588. The minimum Gasteiger partial charge on any atom is -0.355 e. The number of hydrogen-bond donors (Lipinski definition) is 2. The molecule has 1 fully saturated rings. The number of nitrogens with one attached hydrogen (secondary N) is 2. The second kappa shape index (κ2) is 5.96. The van der Waals surface area contributed by atoms with E-state index in [-0.39, 0.29) is 11.9 Å². The predicted molar refractivity (Wildman–Crippen MR) is 80.7 cm³/mol. The van der Waals surface area contributed by atoms with Gasteiger partial charge in [-0.3, -0.25) is 4.79 Å². The summed E-state index contributed by atoms with van der Waals surface area (Å²) in [6.45, 7) is 3.67. The molecule has 0 radical (unpaired) electrons. The van der Waals surface area contributed by atoms with Gasteiger partial charge in [0.25, 0.3) is 0 Å². The van der Waals surface area contributed by atoms with E-state index < -0.39 is 0 Å². The van der Waals surface area contributed by atoms with E-state index in [4.69, 9.17) is 0 Å².